The summed E-state index contributed by atoms with van der Waals surface area (Å²) in [5, 5.41) is 10.8. The molecule has 1 fully saturated rings. The maximum absolute atomic E-state index is 12.8. The topological polar surface area (TPSA) is 96.4 Å². The minimum absolute atomic E-state index is 0.0522. The number of carbonyl (C=O) groups excluding carboxylic acids is 2. The molecule has 1 N–H and O–H groups in total. The molecule has 3 aliphatic heterocycles. The summed E-state index contributed by atoms with van der Waals surface area (Å²) in [4.78, 5) is 41.9. The van der Waals surface area contributed by atoms with Gasteiger partial charge in [0.1, 0.15) is 18.0 Å². The fourth-order valence-corrected chi connectivity index (χ4v) is 7.77. The summed E-state index contributed by atoms with van der Waals surface area (Å²) in [6.07, 6.45) is 3.97. The Labute approximate surface area is 159 Å². The first-order chi connectivity index (χ1) is 12.8. The van der Waals surface area contributed by atoms with E-state index >= 15 is 0 Å². The molecule has 3 aliphatic rings. The lowest BCUT2D eigenvalue weighted by atomic mass is 9.73. The first-order valence-corrected chi connectivity index (χ1v) is 11.0. The number of Topliss-reactive ketones (excluding diaryl/α,β-unsaturated/α-hetero) is 1. The number of amides is 1. The summed E-state index contributed by atoms with van der Waals surface area (Å²) in [6.45, 7) is 7.24. The molecule has 0 bridgehead atoms. The van der Waals surface area contributed by atoms with Gasteiger partial charge in [0.2, 0.25) is 12.2 Å². The Balaban J connectivity index is 1.56. The van der Waals surface area contributed by atoms with E-state index < -0.39 is 15.5 Å². The van der Waals surface area contributed by atoms with Gasteiger partial charge in [-0.05, 0) is 23.7 Å². The van der Waals surface area contributed by atoms with E-state index in [-0.39, 0.29) is 41.2 Å². The van der Waals surface area contributed by atoms with E-state index in [0.29, 0.717) is 12.0 Å². The summed E-state index contributed by atoms with van der Waals surface area (Å²) < 4.78 is 4.13. The third kappa shape index (κ3) is 2.75. The third-order valence-corrected chi connectivity index (χ3v) is 8.86. The number of aliphatic carboxylic acids is 1. The normalized spacial score (nSPS) is 30.6. The van der Waals surface area contributed by atoms with E-state index in [1.54, 1.807) is 12.7 Å². The average Bonchev–Trinajstić information content (AvgIpc) is 3.20. The second-order valence-electron chi connectivity index (χ2n) is 8.27. The molecule has 0 radical (unpaired) electrons. The quantitative estimate of drug-likeness (QED) is 0.403. The van der Waals surface area contributed by atoms with E-state index in [1.165, 1.54) is 11.8 Å². The van der Waals surface area contributed by atoms with Crippen LogP contribution in [-0.2, 0) is 27.5 Å². The fourth-order valence-electron chi connectivity index (χ4n) is 5.23. The van der Waals surface area contributed by atoms with Gasteiger partial charge in [0.05, 0.1) is 28.0 Å². The largest absolute Gasteiger partial charge is 0.477 e. The number of nitrogens with zero attached hydrogens (tertiary/aromatic N) is 4. The zero-order valence-electron chi connectivity index (χ0n) is 15.8. The number of aromatic nitrogens is 3. The maximum Gasteiger partial charge on any atom is 0.352 e. The molecule has 1 amide bonds. The van der Waals surface area contributed by atoms with E-state index in [1.807, 2.05) is 6.92 Å². The smallest absolute Gasteiger partial charge is 0.352 e. The molecule has 0 aromatic carbocycles. The highest BCUT2D eigenvalue weighted by atomic mass is 28.2. The Hall–Kier alpha value is -2.29. The highest BCUT2D eigenvalue weighted by Gasteiger charge is 2.59. The van der Waals surface area contributed by atoms with Crippen LogP contribution in [0.4, 0.5) is 0 Å². The fraction of sp³-hybridized carbons (Fsp3) is 0.611. The molecule has 144 valence electrons. The Morgan fingerprint density at radius 3 is 2.85 bits per heavy atom. The van der Waals surface area contributed by atoms with E-state index in [9.17, 15) is 19.5 Å². The number of fused-ring (bicyclic) bond motifs is 2. The number of ketones is 1. The Kier molecular flexibility index (Phi) is 4.29. The van der Waals surface area contributed by atoms with Crippen LogP contribution in [0.2, 0.25) is 5.54 Å². The summed E-state index contributed by atoms with van der Waals surface area (Å²) >= 11 is 0. The predicted octanol–water partition coefficient (Wildman–Crippen LogP) is -0.470. The van der Waals surface area contributed by atoms with E-state index in [2.05, 4.69) is 21.3 Å². The van der Waals surface area contributed by atoms with Gasteiger partial charge in [-0.2, -0.15) is 9.36 Å². The van der Waals surface area contributed by atoms with Gasteiger partial charge >= 0.3 is 12.3 Å². The van der Waals surface area contributed by atoms with Gasteiger partial charge in [-0.25, -0.2) is 4.79 Å². The molecule has 0 spiro atoms. The number of carboxylic acids is 1. The minimum atomic E-state index is -0.996. The standard InChI is InChI=1S/C18H24N4O4Si/c1-9(4-10(2)23)13-14-11(3)16(15(18(25)26)22(14)17(13)24)27-12-5-20-7-19-8-21(20)6-12/h7-9,11-14H,4-6,27H2,1-3H3/p+1/t9-,11+,13+,14+/m0/s1. The van der Waals surface area contributed by atoms with Crippen LogP contribution in [0.1, 0.15) is 27.2 Å². The molecule has 8 nitrogen and oxygen atoms in total. The van der Waals surface area contributed by atoms with E-state index in [0.717, 1.165) is 18.3 Å². The lowest BCUT2D eigenvalue weighted by molar-refractivity contribution is -0.758. The second-order valence-corrected chi connectivity index (χ2v) is 10.6. The molecule has 0 aliphatic carbocycles. The molecule has 4 atom stereocenters. The van der Waals surface area contributed by atoms with Gasteiger partial charge in [0.15, 0.2) is 0 Å². The van der Waals surface area contributed by atoms with Crippen LogP contribution in [0.5, 0.6) is 0 Å². The van der Waals surface area contributed by atoms with Gasteiger partial charge in [-0.15, -0.1) is 0 Å². The molecule has 4 rings (SSSR count). The number of rotatable bonds is 6. The molecule has 27 heavy (non-hydrogen) atoms. The summed E-state index contributed by atoms with van der Waals surface area (Å²) in [6, 6.07) is -0.102. The summed E-state index contributed by atoms with van der Waals surface area (Å²) in [5.74, 6) is -1.30. The zero-order chi connectivity index (χ0) is 19.5. The number of β-lactam (4-membered cyclic amide) rings is 1. The number of carboxylic acid groups (broad SMARTS) is 1. The van der Waals surface area contributed by atoms with Crippen LogP contribution in [-0.4, -0.2) is 52.9 Å². The van der Waals surface area contributed by atoms with Crippen LogP contribution in [0.25, 0.3) is 0 Å². The minimum Gasteiger partial charge on any atom is -0.477 e. The predicted molar refractivity (Wildman–Crippen MR) is 97.1 cm³/mol. The molecule has 1 aromatic rings. The van der Waals surface area contributed by atoms with E-state index in [4.69, 9.17) is 0 Å². The van der Waals surface area contributed by atoms with Gasteiger partial charge in [-0.3, -0.25) is 4.79 Å². The maximum atomic E-state index is 12.8. The SMILES string of the molecule is CC(=O)C[C@H](C)[C@H]1C(=O)N2C(C(=O)O)=C([SiH2]C3Cn4cnc[n+]4C3)[C@H](C)[C@H]12. The molecule has 0 saturated carbocycles. The summed E-state index contributed by atoms with van der Waals surface area (Å²) in [7, 11) is -0.855. The van der Waals surface area contributed by atoms with Crippen molar-refractivity contribution in [1.82, 2.24) is 14.6 Å². The van der Waals surface area contributed by atoms with Crippen molar-refractivity contribution in [1.29, 1.82) is 0 Å². The number of hydrogen-bond donors (Lipinski definition) is 1. The Morgan fingerprint density at radius 1 is 1.48 bits per heavy atom. The molecular formula is C18H25N4O4Si+. The van der Waals surface area contributed by atoms with Crippen LogP contribution in [0, 0.1) is 17.8 Å². The van der Waals surface area contributed by atoms with Crippen molar-refractivity contribution < 1.29 is 24.2 Å². The first kappa shape index (κ1) is 18.1. The van der Waals surface area contributed by atoms with Gasteiger partial charge < -0.3 is 14.8 Å². The van der Waals surface area contributed by atoms with Crippen molar-refractivity contribution in [2.75, 3.05) is 0 Å². The first-order valence-electron chi connectivity index (χ1n) is 9.48. The molecule has 1 aromatic heterocycles. The average molecular weight is 390 g/mol. The number of hydrogen-bond acceptors (Lipinski definition) is 4. The second kappa shape index (κ2) is 6.40. The zero-order valence-corrected chi connectivity index (χ0v) is 17.2. The monoisotopic (exact) mass is 389 g/mol. The van der Waals surface area contributed by atoms with Crippen molar-refractivity contribution in [3.8, 4) is 0 Å². The van der Waals surface area contributed by atoms with Gasteiger partial charge in [0, 0.05) is 12.0 Å². The highest BCUT2D eigenvalue weighted by molar-refractivity contribution is 6.48. The van der Waals surface area contributed by atoms with Crippen LogP contribution in [0.3, 0.4) is 0 Å². The van der Waals surface area contributed by atoms with Crippen LogP contribution in [0.15, 0.2) is 23.5 Å². The van der Waals surface area contributed by atoms with Crippen LogP contribution < -0.4 is 4.68 Å². The molecule has 9 heteroatoms. The molecule has 1 saturated heterocycles. The van der Waals surface area contributed by atoms with Crippen molar-refractivity contribution in [2.45, 2.75) is 51.9 Å². The lowest BCUT2D eigenvalue weighted by Gasteiger charge is -2.47. The molecular weight excluding hydrogens is 364 g/mol. The third-order valence-electron chi connectivity index (χ3n) is 6.35. The van der Waals surface area contributed by atoms with Crippen molar-refractivity contribution in [2.24, 2.45) is 17.8 Å². The molecule has 4 heterocycles. The van der Waals surface area contributed by atoms with Gasteiger partial charge in [0.25, 0.3) is 0 Å². The molecule has 0 unspecified atom stereocenters. The van der Waals surface area contributed by atoms with Crippen molar-refractivity contribution in [3.63, 3.8) is 0 Å². The lowest BCUT2D eigenvalue weighted by Crippen LogP contribution is -2.62. The van der Waals surface area contributed by atoms with Crippen molar-refractivity contribution >= 4 is 27.2 Å². The Bertz CT molecular complexity index is 843. The highest BCUT2D eigenvalue weighted by Crippen LogP contribution is 2.49. The Morgan fingerprint density at radius 2 is 2.22 bits per heavy atom. The van der Waals surface area contributed by atoms with Crippen LogP contribution >= 0.6 is 0 Å². The summed E-state index contributed by atoms with van der Waals surface area (Å²) in [5.41, 5.74) is 0.664. The number of carbonyl (C=O) groups is 3. The van der Waals surface area contributed by atoms with Crippen molar-refractivity contribution in [3.05, 3.63) is 23.5 Å². The van der Waals surface area contributed by atoms with Gasteiger partial charge in [-0.1, -0.05) is 19.0 Å².